The molecule has 0 bridgehead atoms. The number of anilines is 1. The summed E-state index contributed by atoms with van der Waals surface area (Å²) in [7, 11) is 0. The number of carbonyl (C=O) groups excluding carboxylic acids is 1. The van der Waals surface area contributed by atoms with Gasteiger partial charge in [0, 0.05) is 23.6 Å². The molecule has 1 heterocycles. The highest BCUT2D eigenvalue weighted by Crippen LogP contribution is 2.26. The van der Waals surface area contributed by atoms with Crippen LogP contribution in [0.4, 0.5) is 5.69 Å². The Morgan fingerprint density at radius 1 is 0.931 bits per heavy atom. The van der Waals surface area contributed by atoms with Crippen LogP contribution in [0.1, 0.15) is 28.4 Å². The molecule has 4 rings (SSSR count). The van der Waals surface area contributed by atoms with Crippen LogP contribution in [0.15, 0.2) is 91.3 Å². The van der Waals surface area contributed by atoms with Gasteiger partial charge in [-0.3, -0.25) is 9.48 Å². The molecule has 4 aromatic rings. The quantitative estimate of drug-likeness (QED) is 0.485. The molecule has 0 aliphatic heterocycles. The highest BCUT2D eigenvalue weighted by Gasteiger charge is 2.14. The number of benzene rings is 3. The van der Waals surface area contributed by atoms with E-state index in [1.165, 1.54) is 0 Å². The maximum Gasteiger partial charge on any atom is 0.256 e. The molecular formula is C25H23N3O. The fourth-order valence-corrected chi connectivity index (χ4v) is 3.44. The van der Waals surface area contributed by atoms with Crippen LogP contribution in [0.3, 0.4) is 0 Å². The zero-order valence-electron chi connectivity index (χ0n) is 16.4. The fourth-order valence-electron chi connectivity index (χ4n) is 3.44. The van der Waals surface area contributed by atoms with Crippen molar-refractivity contribution in [1.29, 1.82) is 0 Å². The maximum atomic E-state index is 13.0. The van der Waals surface area contributed by atoms with E-state index >= 15 is 0 Å². The Morgan fingerprint density at radius 3 is 2.45 bits per heavy atom. The predicted molar refractivity (Wildman–Crippen MR) is 117 cm³/mol. The van der Waals surface area contributed by atoms with Gasteiger partial charge < -0.3 is 5.32 Å². The monoisotopic (exact) mass is 381 g/mol. The van der Waals surface area contributed by atoms with E-state index in [4.69, 9.17) is 0 Å². The molecule has 0 aliphatic rings. The molecule has 3 aromatic carbocycles. The Morgan fingerprint density at radius 2 is 1.69 bits per heavy atom. The molecule has 29 heavy (non-hydrogen) atoms. The molecule has 0 atom stereocenters. The van der Waals surface area contributed by atoms with E-state index in [1.807, 2.05) is 65.5 Å². The fraction of sp³-hybridized carbons (Fsp3) is 0.120. The van der Waals surface area contributed by atoms with Crippen molar-refractivity contribution in [2.75, 3.05) is 5.32 Å². The number of para-hydroxylation sites is 1. The summed E-state index contributed by atoms with van der Waals surface area (Å²) in [5.41, 5.74) is 5.76. The first-order valence-electron chi connectivity index (χ1n) is 9.79. The second-order valence-corrected chi connectivity index (χ2v) is 6.91. The van der Waals surface area contributed by atoms with Crippen LogP contribution in [0.2, 0.25) is 0 Å². The van der Waals surface area contributed by atoms with E-state index in [-0.39, 0.29) is 5.91 Å². The van der Waals surface area contributed by atoms with Crippen molar-refractivity contribution in [1.82, 2.24) is 9.78 Å². The number of aryl methyl sites for hydroxylation is 1. The van der Waals surface area contributed by atoms with Gasteiger partial charge in [-0.25, -0.2) is 0 Å². The predicted octanol–water partition coefficient (Wildman–Crippen LogP) is 5.41. The highest BCUT2D eigenvalue weighted by molar-refractivity contribution is 6.09. The van der Waals surface area contributed by atoms with Crippen LogP contribution in [-0.4, -0.2) is 15.7 Å². The summed E-state index contributed by atoms with van der Waals surface area (Å²) in [5.74, 6) is -0.0953. The molecule has 0 spiro atoms. The number of nitrogens with one attached hydrogen (secondary N) is 1. The van der Waals surface area contributed by atoms with Crippen LogP contribution in [0, 0.1) is 0 Å². The summed E-state index contributed by atoms with van der Waals surface area (Å²) >= 11 is 0. The molecular weight excluding hydrogens is 358 g/mol. The minimum Gasteiger partial charge on any atom is -0.322 e. The first kappa shape index (κ1) is 18.7. The topological polar surface area (TPSA) is 46.9 Å². The van der Waals surface area contributed by atoms with E-state index in [0.29, 0.717) is 5.56 Å². The van der Waals surface area contributed by atoms with Gasteiger partial charge in [0.15, 0.2) is 0 Å². The molecule has 4 heteroatoms. The van der Waals surface area contributed by atoms with E-state index in [1.54, 1.807) is 6.20 Å². The third-order valence-corrected chi connectivity index (χ3v) is 4.99. The normalized spacial score (nSPS) is 10.7. The standard InChI is InChI=1S/C25H23N3O/c1-2-20-8-3-6-11-24(20)27-25(29)23-10-5-4-9-22(23)21-14-12-19(13-15-21)18-28-17-7-16-26-28/h3-17H,2,18H2,1H3,(H,27,29). The Hall–Kier alpha value is -3.66. The summed E-state index contributed by atoms with van der Waals surface area (Å²) < 4.78 is 1.89. The van der Waals surface area contributed by atoms with Crippen LogP contribution in [0.25, 0.3) is 11.1 Å². The van der Waals surface area contributed by atoms with Crippen molar-refractivity contribution in [2.24, 2.45) is 0 Å². The smallest absolute Gasteiger partial charge is 0.256 e. The van der Waals surface area contributed by atoms with Crippen molar-refractivity contribution in [2.45, 2.75) is 19.9 Å². The Labute approximate surface area is 170 Å². The van der Waals surface area contributed by atoms with Gasteiger partial charge >= 0.3 is 0 Å². The van der Waals surface area contributed by atoms with Crippen molar-refractivity contribution in [3.8, 4) is 11.1 Å². The average Bonchev–Trinajstić information content (AvgIpc) is 3.28. The van der Waals surface area contributed by atoms with E-state index in [2.05, 4.69) is 41.6 Å². The summed E-state index contributed by atoms with van der Waals surface area (Å²) in [6.07, 6.45) is 4.59. The number of rotatable bonds is 6. The molecule has 4 nitrogen and oxygen atoms in total. The summed E-state index contributed by atoms with van der Waals surface area (Å²) in [6, 6.07) is 25.8. The average molecular weight is 381 g/mol. The number of nitrogens with zero attached hydrogens (tertiary/aromatic N) is 2. The van der Waals surface area contributed by atoms with Gasteiger partial charge in [-0.1, -0.05) is 67.6 Å². The lowest BCUT2D eigenvalue weighted by Gasteiger charge is -2.13. The number of hydrogen-bond donors (Lipinski definition) is 1. The summed E-state index contributed by atoms with van der Waals surface area (Å²) in [4.78, 5) is 13.0. The number of carbonyl (C=O) groups is 1. The Kier molecular flexibility index (Phi) is 5.52. The van der Waals surface area contributed by atoms with Crippen LogP contribution in [0.5, 0.6) is 0 Å². The van der Waals surface area contributed by atoms with Gasteiger partial charge in [0.2, 0.25) is 0 Å². The molecule has 0 saturated heterocycles. The van der Waals surface area contributed by atoms with Crippen molar-refractivity contribution in [3.63, 3.8) is 0 Å². The second-order valence-electron chi connectivity index (χ2n) is 6.91. The first-order chi connectivity index (χ1) is 14.2. The molecule has 1 N–H and O–H groups in total. The first-order valence-corrected chi connectivity index (χ1v) is 9.79. The van der Waals surface area contributed by atoms with E-state index in [0.717, 1.165) is 40.9 Å². The molecule has 0 radical (unpaired) electrons. The third-order valence-electron chi connectivity index (χ3n) is 4.99. The van der Waals surface area contributed by atoms with Gasteiger partial charge in [0.05, 0.1) is 6.54 Å². The Bertz CT molecular complexity index is 1100. The largest absolute Gasteiger partial charge is 0.322 e. The van der Waals surface area contributed by atoms with Crippen molar-refractivity contribution < 1.29 is 4.79 Å². The Balaban J connectivity index is 1.58. The molecule has 144 valence electrons. The van der Waals surface area contributed by atoms with Crippen LogP contribution < -0.4 is 5.32 Å². The third kappa shape index (κ3) is 4.27. The number of amides is 1. The summed E-state index contributed by atoms with van der Waals surface area (Å²) in [6.45, 7) is 2.81. The lowest BCUT2D eigenvalue weighted by atomic mass is 9.98. The van der Waals surface area contributed by atoms with Crippen LogP contribution >= 0.6 is 0 Å². The molecule has 1 aromatic heterocycles. The van der Waals surface area contributed by atoms with E-state index < -0.39 is 0 Å². The molecule has 0 fully saturated rings. The van der Waals surface area contributed by atoms with Gasteiger partial charge in [-0.15, -0.1) is 0 Å². The molecule has 0 saturated carbocycles. The zero-order chi connectivity index (χ0) is 20.1. The van der Waals surface area contributed by atoms with Crippen molar-refractivity contribution in [3.05, 3.63) is 108 Å². The SMILES string of the molecule is CCc1ccccc1NC(=O)c1ccccc1-c1ccc(Cn2cccn2)cc1. The van der Waals surface area contributed by atoms with Gasteiger partial charge in [-0.2, -0.15) is 5.10 Å². The molecule has 1 amide bonds. The van der Waals surface area contributed by atoms with E-state index in [9.17, 15) is 4.79 Å². The summed E-state index contributed by atoms with van der Waals surface area (Å²) in [5, 5.41) is 7.33. The lowest BCUT2D eigenvalue weighted by Crippen LogP contribution is -2.14. The zero-order valence-corrected chi connectivity index (χ0v) is 16.4. The van der Waals surface area contributed by atoms with Gasteiger partial charge in [0.25, 0.3) is 5.91 Å². The molecule has 0 aliphatic carbocycles. The van der Waals surface area contributed by atoms with Crippen molar-refractivity contribution >= 4 is 11.6 Å². The second kappa shape index (κ2) is 8.57. The van der Waals surface area contributed by atoms with Gasteiger partial charge in [-0.05, 0) is 46.9 Å². The van der Waals surface area contributed by atoms with Gasteiger partial charge in [0.1, 0.15) is 0 Å². The number of aromatic nitrogens is 2. The molecule has 0 unspecified atom stereocenters. The minimum atomic E-state index is -0.0953. The highest BCUT2D eigenvalue weighted by atomic mass is 16.1. The minimum absolute atomic E-state index is 0.0953. The van der Waals surface area contributed by atoms with Crippen LogP contribution in [-0.2, 0) is 13.0 Å². The number of hydrogen-bond acceptors (Lipinski definition) is 2. The lowest BCUT2D eigenvalue weighted by molar-refractivity contribution is 0.102. The maximum absolute atomic E-state index is 13.0.